The van der Waals surface area contributed by atoms with Gasteiger partial charge >= 0.3 is 0 Å². The zero-order valence-electron chi connectivity index (χ0n) is 71.3. The highest BCUT2D eigenvalue weighted by atomic mass is 16.5. The van der Waals surface area contributed by atoms with E-state index in [4.69, 9.17) is 28.4 Å². The van der Waals surface area contributed by atoms with Gasteiger partial charge in [-0.05, 0) is 50.7 Å². The van der Waals surface area contributed by atoms with E-state index < -0.39 is 0 Å². The van der Waals surface area contributed by atoms with Crippen molar-refractivity contribution >= 4 is 11.6 Å². The number of amides is 1. The predicted molar refractivity (Wildman–Crippen MR) is 460 cm³/mol. The lowest BCUT2D eigenvalue weighted by molar-refractivity contribution is 0.102. The van der Waals surface area contributed by atoms with Crippen molar-refractivity contribution in [1.29, 1.82) is 0 Å². The molecule has 8 nitrogen and oxygen atoms in total. The first kappa shape index (κ1) is 97.8. The fourth-order valence-corrected chi connectivity index (χ4v) is 15.0. The van der Waals surface area contributed by atoms with Gasteiger partial charge in [-0.15, -0.1) is 0 Å². The summed E-state index contributed by atoms with van der Waals surface area (Å²) in [6, 6.07) is 7.81. The smallest absolute Gasteiger partial charge is 0.255 e. The van der Waals surface area contributed by atoms with Crippen LogP contribution in [0.15, 0.2) is 24.3 Å². The molecule has 0 saturated carbocycles. The molecule has 105 heavy (non-hydrogen) atoms. The Bertz CT molecular complexity index is 2010. The second kappa shape index (κ2) is 78.8. The summed E-state index contributed by atoms with van der Waals surface area (Å²) >= 11 is 0. The van der Waals surface area contributed by atoms with Crippen molar-refractivity contribution in [2.45, 2.75) is 504 Å². The summed E-state index contributed by atoms with van der Waals surface area (Å²) in [6.07, 6.45) is 93.3. The number of benzene rings is 2. The Hall–Kier alpha value is -3.29. The molecule has 0 aliphatic heterocycles. The summed E-state index contributed by atoms with van der Waals surface area (Å²) in [5, 5.41) is 3.37. The van der Waals surface area contributed by atoms with Gasteiger partial charge in [0.15, 0.2) is 23.0 Å². The van der Waals surface area contributed by atoms with Crippen LogP contribution >= 0.6 is 0 Å². The molecule has 0 heterocycles. The molecular weight excluding hydrogens is 1290 g/mol. The minimum atomic E-state index is -0.229. The van der Waals surface area contributed by atoms with Gasteiger partial charge in [-0.3, -0.25) is 4.79 Å². The highest BCUT2D eigenvalue weighted by Crippen LogP contribution is 2.43. The number of hydrogen-bond donors (Lipinski definition) is 1. The molecule has 0 saturated heterocycles. The first-order chi connectivity index (χ1) is 52.0. The lowest BCUT2D eigenvalue weighted by Gasteiger charge is -2.20. The van der Waals surface area contributed by atoms with Crippen molar-refractivity contribution in [3.63, 3.8) is 0 Å². The Labute approximate surface area is 654 Å². The van der Waals surface area contributed by atoms with Gasteiger partial charge in [0.1, 0.15) is 0 Å². The molecule has 1 N–H and O–H groups in total. The number of rotatable bonds is 86. The molecule has 0 unspecified atom stereocenters. The summed E-state index contributed by atoms with van der Waals surface area (Å²) < 4.78 is 40.9. The molecule has 2 aromatic rings. The van der Waals surface area contributed by atoms with E-state index in [9.17, 15) is 0 Å². The Morgan fingerprint density at radius 1 is 0.200 bits per heavy atom. The van der Waals surface area contributed by atoms with Crippen LogP contribution in [0.4, 0.5) is 5.69 Å². The second-order valence-electron chi connectivity index (χ2n) is 32.5. The quantitative estimate of drug-likeness (QED) is 0.0661. The molecule has 0 atom stereocenters. The minimum absolute atomic E-state index is 0.229. The summed E-state index contributed by atoms with van der Waals surface area (Å²) in [6.45, 7) is 17.3. The summed E-state index contributed by atoms with van der Waals surface area (Å²) in [4.78, 5) is 15.1. The van der Waals surface area contributed by atoms with Gasteiger partial charge in [0.05, 0.1) is 39.6 Å². The molecule has 2 aromatic carbocycles. The molecule has 0 aromatic heterocycles. The SMILES string of the molecule is CCCCCCCCCCCCCCCCCCOc1cc(NC(=O)c2cc(OCCCCCCCCCC)c(OCCCCCCCCCC)c(OCCCCCCCCCC)c2)cc(OCCCCCCCCCCCCCCCCCC)c1OCCCCCCCCCCCCCCCCCC. The van der Waals surface area contributed by atoms with Crippen molar-refractivity contribution in [1.82, 2.24) is 0 Å². The maximum Gasteiger partial charge on any atom is 0.255 e. The van der Waals surface area contributed by atoms with Crippen molar-refractivity contribution in [2.24, 2.45) is 0 Å². The number of carbonyl (C=O) groups excluding carboxylic acids is 1. The van der Waals surface area contributed by atoms with Crippen LogP contribution in [-0.4, -0.2) is 45.5 Å². The van der Waals surface area contributed by atoms with Crippen LogP contribution in [0.25, 0.3) is 0 Å². The molecule has 614 valence electrons. The third-order valence-electron chi connectivity index (χ3n) is 22.1. The monoisotopic (exact) mass is 1470 g/mol. The predicted octanol–water partition coefficient (Wildman–Crippen LogP) is 33.4. The number of anilines is 1. The van der Waals surface area contributed by atoms with Gasteiger partial charge in [0.25, 0.3) is 5.91 Å². The number of carbonyl (C=O) groups is 1. The van der Waals surface area contributed by atoms with E-state index in [1.54, 1.807) is 0 Å². The minimum Gasteiger partial charge on any atom is -0.490 e. The molecule has 0 bridgehead atoms. The third kappa shape index (κ3) is 61.1. The molecule has 2 rings (SSSR count). The molecule has 0 aliphatic carbocycles. The normalized spacial score (nSPS) is 11.5. The molecular formula is C97H179NO7. The van der Waals surface area contributed by atoms with Crippen molar-refractivity contribution < 1.29 is 33.2 Å². The largest absolute Gasteiger partial charge is 0.490 e. The Morgan fingerprint density at radius 2 is 0.343 bits per heavy atom. The first-order valence-corrected chi connectivity index (χ1v) is 47.5. The van der Waals surface area contributed by atoms with Gasteiger partial charge in [0, 0.05) is 23.4 Å². The van der Waals surface area contributed by atoms with Crippen molar-refractivity contribution in [2.75, 3.05) is 45.0 Å². The van der Waals surface area contributed by atoms with Crippen LogP contribution < -0.4 is 33.7 Å². The van der Waals surface area contributed by atoms with E-state index in [0.717, 1.165) is 77.0 Å². The first-order valence-electron chi connectivity index (χ1n) is 47.5. The van der Waals surface area contributed by atoms with Crippen LogP contribution in [-0.2, 0) is 0 Å². The van der Waals surface area contributed by atoms with Crippen LogP contribution in [0.5, 0.6) is 34.5 Å². The number of hydrogen-bond acceptors (Lipinski definition) is 7. The number of ether oxygens (including phenoxy) is 6. The van der Waals surface area contributed by atoms with Crippen molar-refractivity contribution in [3.05, 3.63) is 29.8 Å². The van der Waals surface area contributed by atoms with Crippen LogP contribution in [0, 0.1) is 0 Å². The maximum absolute atomic E-state index is 15.1. The fraction of sp³-hybridized carbons (Fsp3) is 0.866. The average Bonchev–Trinajstić information content (AvgIpc) is 0.808. The Kier molecular flexibility index (Phi) is 73.4. The van der Waals surface area contributed by atoms with Crippen LogP contribution in [0.1, 0.15) is 514 Å². The highest BCUT2D eigenvalue weighted by Gasteiger charge is 2.23. The topological polar surface area (TPSA) is 84.5 Å². The van der Waals surface area contributed by atoms with Gasteiger partial charge in [0.2, 0.25) is 11.5 Å². The molecule has 8 heteroatoms. The second-order valence-corrected chi connectivity index (χ2v) is 32.5. The van der Waals surface area contributed by atoms with Gasteiger partial charge in [-0.25, -0.2) is 0 Å². The maximum atomic E-state index is 15.1. The van der Waals surface area contributed by atoms with Gasteiger partial charge in [-0.2, -0.15) is 0 Å². The fourth-order valence-electron chi connectivity index (χ4n) is 15.0. The van der Waals surface area contributed by atoms with E-state index in [1.165, 1.54) is 385 Å². The summed E-state index contributed by atoms with van der Waals surface area (Å²) in [5.41, 5.74) is 1.12. The van der Waals surface area contributed by atoms with Crippen LogP contribution in [0.3, 0.4) is 0 Å². The van der Waals surface area contributed by atoms with E-state index in [-0.39, 0.29) is 5.91 Å². The lowest BCUT2D eigenvalue weighted by atomic mass is 10.0. The standard InChI is InChI=1S/C97H179NO7/c1-7-13-19-25-31-37-40-43-46-49-52-55-58-64-69-75-81-102-93-87-90(88-94(103-82-76-70-65-59-56-53-50-47-44-41-38-32-26-20-14-8-2)96(93)105-84-78-72-66-60-57-54-51-48-45-42-39-33-27-21-15-9-3)98-97(99)89-85-91(100-79-73-67-61-34-28-22-16-10-4)95(104-83-77-71-63-36-30-24-18-12-6)92(86-89)101-80-74-68-62-35-29-23-17-11-5/h85-88H,7-84H2,1-6H3,(H,98,99). The van der Waals surface area contributed by atoms with Crippen molar-refractivity contribution in [3.8, 4) is 34.5 Å². The van der Waals surface area contributed by atoms with E-state index >= 15 is 4.79 Å². The summed E-state index contributed by atoms with van der Waals surface area (Å²) in [5.74, 6) is 3.58. The highest BCUT2D eigenvalue weighted by molar-refractivity contribution is 6.05. The number of unbranched alkanes of at least 4 members (excludes halogenated alkanes) is 66. The van der Waals surface area contributed by atoms with Gasteiger partial charge in [-0.1, -0.05) is 465 Å². The van der Waals surface area contributed by atoms with Gasteiger partial charge < -0.3 is 33.7 Å². The summed E-state index contributed by atoms with van der Waals surface area (Å²) in [7, 11) is 0. The third-order valence-corrected chi connectivity index (χ3v) is 22.1. The number of nitrogens with one attached hydrogen (secondary N) is 1. The lowest BCUT2D eigenvalue weighted by Crippen LogP contribution is -2.15. The zero-order valence-corrected chi connectivity index (χ0v) is 71.3. The molecule has 0 aliphatic rings. The Balaban J connectivity index is 2.43. The molecule has 1 amide bonds. The van der Waals surface area contributed by atoms with E-state index in [2.05, 4.69) is 46.9 Å². The Morgan fingerprint density at radius 3 is 0.514 bits per heavy atom. The van der Waals surface area contributed by atoms with Crippen LogP contribution in [0.2, 0.25) is 0 Å². The molecule has 0 radical (unpaired) electrons. The molecule has 0 spiro atoms. The van der Waals surface area contributed by atoms with E-state index in [1.807, 2.05) is 24.3 Å². The average molecular weight is 1470 g/mol. The zero-order chi connectivity index (χ0) is 75.1. The van der Waals surface area contributed by atoms with E-state index in [0.29, 0.717) is 85.4 Å². The molecule has 0 fully saturated rings.